The van der Waals surface area contributed by atoms with Crippen LogP contribution >= 0.6 is 0 Å². The maximum absolute atomic E-state index is 11.9. The number of nitrogen functional groups attached to an aromatic ring is 1. The van der Waals surface area contributed by atoms with E-state index in [1.807, 2.05) is 7.05 Å². The number of carbonyl (C=O) groups excluding carboxylic acids is 1. The summed E-state index contributed by atoms with van der Waals surface area (Å²) in [6.45, 7) is 0.738. The summed E-state index contributed by atoms with van der Waals surface area (Å²) in [6.07, 6.45) is 1.81. The summed E-state index contributed by atoms with van der Waals surface area (Å²) in [6, 6.07) is 0.242. The molecule has 2 atom stereocenters. The minimum Gasteiger partial charge on any atom is -0.365 e. The van der Waals surface area contributed by atoms with E-state index in [0.29, 0.717) is 11.9 Å². The highest BCUT2D eigenvalue weighted by Crippen LogP contribution is 2.36. The molecule has 2 fully saturated rings. The van der Waals surface area contributed by atoms with Gasteiger partial charge in [0.05, 0.1) is 6.04 Å². The van der Waals surface area contributed by atoms with Crippen LogP contribution in [0.15, 0.2) is 4.52 Å². The summed E-state index contributed by atoms with van der Waals surface area (Å²) in [7, 11) is 1.83. The molecule has 2 amide bonds. The molecule has 7 heteroatoms. The average Bonchev–Trinajstić information content (AvgIpc) is 2.80. The van der Waals surface area contributed by atoms with Crippen LogP contribution in [0.25, 0.3) is 0 Å². The zero-order valence-corrected chi connectivity index (χ0v) is 8.96. The van der Waals surface area contributed by atoms with E-state index in [0.717, 1.165) is 19.4 Å². The van der Waals surface area contributed by atoms with Crippen molar-refractivity contribution in [2.24, 2.45) is 0 Å². The summed E-state index contributed by atoms with van der Waals surface area (Å²) >= 11 is 0. The number of piperidine rings is 1. The first-order chi connectivity index (χ1) is 7.66. The topological polar surface area (TPSA) is 88.5 Å². The van der Waals surface area contributed by atoms with Crippen molar-refractivity contribution in [3.63, 3.8) is 0 Å². The van der Waals surface area contributed by atoms with Crippen LogP contribution in [-0.2, 0) is 0 Å². The fourth-order valence-electron chi connectivity index (χ4n) is 2.48. The smallest absolute Gasteiger partial charge is 0.320 e. The van der Waals surface area contributed by atoms with E-state index >= 15 is 0 Å². The van der Waals surface area contributed by atoms with Crippen LogP contribution in [0.5, 0.6) is 0 Å². The molecule has 3 heterocycles. The second-order valence-corrected chi connectivity index (χ2v) is 4.28. The van der Waals surface area contributed by atoms with Crippen LogP contribution < -0.4 is 5.73 Å². The Morgan fingerprint density at radius 1 is 1.50 bits per heavy atom. The molecule has 2 bridgehead atoms. The Bertz CT molecular complexity index is 431. The molecule has 0 radical (unpaired) electrons. The van der Waals surface area contributed by atoms with E-state index in [2.05, 4.69) is 10.1 Å². The number of nitrogens with two attached hydrogens (primary N) is 1. The number of fused-ring (bicyclic) bond motifs is 2. The Labute approximate surface area is 92.2 Å². The van der Waals surface area contributed by atoms with Crippen LogP contribution in [-0.4, -0.2) is 45.6 Å². The number of nitrogens with zero attached hydrogens (tertiary/aromatic N) is 4. The molecule has 0 spiro atoms. The number of urea groups is 1. The molecule has 2 aliphatic heterocycles. The highest BCUT2D eigenvalue weighted by molar-refractivity contribution is 5.77. The first kappa shape index (κ1) is 9.44. The van der Waals surface area contributed by atoms with Gasteiger partial charge in [-0.1, -0.05) is 0 Å². The lowest BCUT2D eigenvalue weighted by molar-refractivity contribution is 0.161. The largest absolute Gasteiger partial charge is 0.365 e. The molecule has 0 aromatic carbocycles. The molecule has 0 aliphatic carbocycles. The maximum Gasteiger partial charge on any atom is 0.320 e. The summed E-state index contributed by atoms with van der Waals surface area (Å²) in [5.41, 5.74) is 5.41. The SMILES string of the molecule is CN1C(=O)N2C[C@H]1CC[C@H]2c1nc(N)no1. The van der Waals surface area contributed by atoms with Gasteiger partial charge in [-0.3, -0.25) is 0 Å². The minimum absolute atomic E-state index is 0.0317. The number of aromatic nitrogens is 2. The van der Waals surface area contributed by atoms with Gasteiger partial charge in [0, 0.05) is 13.6 Å². The molecule has 86 valence electrons. The fraction of sp³-hybridized carbons (Fsp3) is 0.667. The van der Waals surface area contributed by atoms with Crippen molar-refractivity contribution >= 4 is 12.0 Å². The average molecular weight is 223 g/mol. The third-order valence-electron chi connectivity index (χ3n) is 3.39. The highest BCUT2D eigenvalue weighted by atomic mass is 16.5. The molecule has 1 aromatic heterocycles. The van der Waals surface area contributed by atoms with Crippen LogP contribution in [0.3, 0.4) is 0 Å². The molecular formula is C9H13N5O2. The summed E-state index contributed by atoms with van der Waals surface area (Å²) in [4.78, 5) is 19.5. The van der Waals surface area contributed by atoms with Gasteiger partial charge in [-0.2, -0.15) is 4.98 Å². The Morgan fingerprint density at radius 3 is 3.00 bits per heavy atom. The molecule has 2 N–H and O–H groups in total. The Balaban J connectivity index is 1.90. The van der Waals surface area contributed by atoms with Crippen molar-refractivity contribution in [2.45, 2.75) is 24.9 Å². The van der Waals surface area contributed by atoms with E-state index in [9.17, 15) is 4.79 Å². The summed E-state index contributed by atoms with van der Waals surface area (Å²) in [5, 5.41) is 3.56. The second-order valence-electron chi connectivity index (χ2n) is 4.28. The van der Waals surface area contributed by atoms with Gasteiger partial charge >= 0.3 is 6.03 Å². The molecule has 0 saturated carbocycles. The highest BCUT2D eigenvalue weighted by Gasteiger charge is 2.44. The molecule has 7 nitrogen and oxygen atoms in total. The Hall–Kier alpha value is -1.79. The molecular weight excluding hydrogens is 210 g/mol. The van der Waals surface area contributed by atoms with Crippen molar-refractivity contribution in [1.29, 1.82) is 0 Å². The Morgan fingerprint density at radius 2 is 2.31 bits per heavy atom. The van der Waals surface area contributed by atoms with E-state index in [1.165, 1.54) is 0 Å². The van der Waals surface area contributed by atoms with Gasteiger partial charge in [0.1, 0.15) is 6.04 Å². The lowest BCUT2D eigenvalue weighted by Gasteiger charge is -2.27. The number of anilines is 1. The minimum atomic E-state index is -0.113. The number of hydrogen-bond donors (Lipinski definition) is 1. The van der Waals surface area contributed by atoms with Gasteiger partial charge in [-0.15, -0.1) is 0 Å². The van der Waals surface area contributed by atoms with Gasteiger partial charge in [-0.25, -0.2) is 4.79 Å². The lowest BCUT2D eigenvalue weighted by Crippen LogP contribution is -2.34. The second kappa shape index (κ2) is 3.10. The lowest BCUT2D eigenvalue weighted by atomic mass is 10.0. The van der Waals surface area contributed by atoms with E-state index < -0.39 is 0 Å². The number of amides is 2. The van der Waals surface area contributed by atoms with E-state index in [4.69, 9.17) is 10.3 Å². The van der Waals surface area contributed by atoms with Gasteiger partial charge in [-0.05, 0) is 18.0 Å². The maximum atomic E-state index is 11.9. The van der Waals surface area contributed by atoms with Gasteiger partial charge in [0.2, 0.25) is 0 Å². The number of rotatable bonds is 1. The standard InChI is InChI=1S/C9H13N5O2/c1-13-5-2-3-6(14(4-5)9(13)15)7-11-8(10)12-16-7/h5-6H,2-4H2,1H3,(H2,10,12)/t5-,6+/m1/s1. The van der Waals surface area contributed by atoms with E-state index in [1.54, 1.807) is 9.80 Å². The quantitative estimate of drug-likeness (QED) is 0.735. The first-order valence-electron chi connectivity index (χ1n) is 5.29. The summed E-state index contributed by atoms with van der Waals surface area (Å²) in [5.74, 6) is 0.566. The molecule has 2 saturated heterocycles. The van der Waals surface area contributed by atoms with Gasteiger partial charge in [0.25, 0.3) is 11.8 Å². The van der Waals surface area contributed by atoms with Crippen LogP contribution in [0, 0.1) is 0 Å². The molecule has 0 unspecified atom stereocenters. The van der Waals surface area contributed by atoms with E-state index in [-0.39, 0.29) is 18.0 Å². The normalized spacial score (nSPS) is 28.9. The summed E-state index contributed by atoms with van der Waals surface area (Å²) < 4.78 is 5.04. The number of hydrogen-bond acceptors (Lipinski definition) is 5. The monoisotopic (exact) mass is 223 g/mol. The van der Waals surface area contributed by atoms with Gasteiger partial charge in [0.15, 0.2) is 0 Å². The molecule has 2 aliphatic rings. The first-order valence-corrected chi connectivity index (χ1v) is 5.29. The van der Waals surface area contributed by atoms with Crippen molar-refractivity contribution in [3.05, 3.63) is 5.89 Å². The van der Waals surface area contributed by atoms with Crippen LogP contribution in [0.4, 0.5) is 10.7 Å². The third kappa shape index (κ3) is 1.17. The molecule has 1 aromatic rings. The predicted molar refractivity (Wildman–Crippen MR) is 54.3 cm³/mol. The van der Waals surface area contributed by atoms with Crippen LogP contribution in [0.1, 0.15) is 24.8 Å². The van der Waals surface area contributed by atoms with Crippen molar-refractivity contribution in [3.8, 4) is 0 Å². The predicted octanol–water partition coefficient (Wildman–Crippen LogP) is 0.223. The van der Waals surface area contributed by atoms with Crippen molar-refractivity contribution in [2.75, 3.05) is 19.3 Å². The van der Waals surface area contributed by atoms with Crippen molar-refractivity contribution in [1.82, 2.24) is 19.9 Å². The number of likely N-dealkylation sites (N-methyl/N-ethyl adjacent to an activating group) is 1. The number of carbonyl (C=O) groups is 1. The Kier molecular flexibility index (Phi) is 1.83. The fourth-order valence-corrected chi connectivity index (χ4v) is 2.48. The van der Waals surface area contributed by atoms with Crippen molar-refractivity contribution < 1.29 is 9.32 Å². The third-order valence-corrected chi connectivity index (χ3v) is 3.39. The zero-order valence-electron chi connectivity index (χ0n) is 8.96. The molecule has 3 rings (SSSR count). The van der Waals surface area contributed by atoms with Gasteiger partial charge < -0.3 is 20.1 Å². The van der Waals surface area contributed by atoms with Crippen LogP contribution in [0.2, 0.25) is 0 Å². The zero-order chi connectivity index (χ0) is 11.3. The molecule has 16 heavy (non-hydrogen) atoms.